The van der Waals surface area contributed by atoms with E-state index in [9.17, 15) is 14.7 Å². The van der Waals surface area contributed by atoms with Crippen molar-refractivity contribution < 1.29 is 19.5 Å². The zero-order valence-corrected chi connectivity index (χ0v) is 15.4. The van der Waals surface area contributed by atoms with E-state index in [2.05, 4.69) is 0 Å². The number of fused-ring (bicyclic) bond motifs is 1. The van der Waals surface area contributed by atoms with E-state index in [1.165, 1.54) is 4.90 Å². The molecular weight excluding hydrogens is 368 g/mol. The van der Waals surface area contributed by atoms with E-state index in [4.69, 9.17) is 4.84 Å². The minimum absolute atomic E-state index is 0.0566. The number of phenolic OH excluding ortho intramolecular Hbond substituents is 1. The van der Waals surface area contributed by atoms with Crippen LogP contribution in [0.2, 0.25) is 0 Å². The molecule has 0 bridgehead atoms. The predicted molar refractivity (Wildman–Crippen MR) is 107 cm³/mol. The molecule has 144 valence electrons. The molecule has 2 amide bonds. The average molecular weight is 386 g/mol. The van der Waals surface area contributed by atoms with Gasteiger partial charge in [-0.1, -0.05) is 54.6 Å². The highest BCUT2D eigenvalue weighted by atomic mass is 16.7. The zero-order chi connectivity index (χ0) is 20.0. The smallest absolute Gasteiger partial charge is 0.266 e. The molecule has 5 rings (SSSR count). The second kappa shape index (κ2) is 6.76. The van der Waals surface area contributed by atoms with E-state index in [-0.39, 0.29) is 11.7 Å². The van der Waals surface area contributed by atoms with Crippen LogP contribution in [0.1, 0.15) is 11.6 Å². The number of anilines is 2. The van der Waals surface area contributed by atoms with Gasteiger partial charge in [-0.3, -0.25) is 14.4 Å². The maximum atomic E-state index is 13.4. The fourth-order valence-electron chi connectivity index (χ4n) is 4.10. The minimum Gasteiger partial charge on any atom is -0.508 e. The molecule has 2 heterocycles. The van der Waals surface area contributed by atoms with Gasteiger partial charge in [-0.25, -0.2) is 9.96 Å². The Morgan fingerprint density at radius 3 is 1.97 bits per heavy atom. The first-order valence-electron chi connectivity index (χ1n) is 9.38. The molecule has 0 saturated carbocycles. The van der Waals surface area contributed by atoms with Gasteiger partial charge in [0.1, 0.15) is 11.7 Å². The van der Waals surface area contributed by atoms with Crippen LogP contribution in [-0.4, -0.2) is 23.0 Å². The highest BCUT2D eigenvalue weighted by Gasteiger charge is 2.60. The summed E-state index contributed by atoms with van der Waals surface area (Å²) in [5, 5.41) is 12.1. The standard InChI is InChI=1S/C23H18N2O4/c26-18-14-8-7-13-17(18)20-19-21(29-25(20)16-11-5-2-6-12-16)23(28)24(22(19)27)15-9-3-1-4-10-15/h1-14,19-21,26H/t19-,20-,21+/m1/s1. The van der Waals surface area contributed by atoms with Gasteiger partial charge in [0, 0.05) is 5.56 Å². The third kappa shape index (κ3) is 2.68. The molecule has 2 aliphatic heterocycles. The van der Waals surface area contributed by atoms with Gasteiger partial charge in [-0.2, -0.15) is 0 Å². The number of carbonyl (C=O) groups excluding carboxylic acids is 2. The summed E-state index contributed by atoms with van der Waals surface area (Å²) in [4.78, 5) is 33.7. The zero-order valence-electron chi connectivity index (χ0n) is 15.4. The van der Waals surface area contributed by atoms with Crippen molar-refractivity contribution in [2.45, 2.75) is 12.1 Å². The molecule has 1 N–H and O–H groups in total. The monoisotopic (exact) mass is 386 g/mol. The number of benzene rings is 3. The Balaban J connectivity index is 1.62. The molecule has 0 spiro atoms. The van der Waals surface area contributed by atoms with Gasteiger partial charge in [0.25, 0.3) is 5.91 Å². The molecule has 6 heteroatoms. The number of hydrogen-bond donors (Lipinski definition) is 1. The van der Waals surface area contributed by atoms with Crippen molar-refractivity contribution >= 4 is 23.2 Å². The molecule has 0 aliphatic carbocycles. The van der Waals surface area contributed by atoms with Crippen LogP contribution in [0.3, 0.4) is 0 Å². The van der Waals surface area contributed by atoms with E-state index < -0.39 is 24.0 Å². The molecule has 0 unspecified atom stereocenters. The van der Waals surface area contributed by atoms with Crippen molar-refractivity contribution in [3.8, 4) is 5.75 Å². The molecule has 3 atom stereocenters. The van der Waals surface area contributed by atoms with E-state index in [0.29, 0.717) is 16.9 Å². The van der Waals surface area contributed by atoms with Crippen molar-refractivity contribution in [3.63, 3.8) is 0 Å². The fourth-order valence-corrected chi connectivity index (χ4v) is 4.10. The lowest BCUT2D eigenvalue weighted by atomic mass is 9.90. The fraction of sp³-hybridized carbons (Fsp3) is 0.130. The summed E-state index contributed by atoms with van der Waals surface area (Å²) in [7, 11) is 0. The van der Waals surface area contributed by atoms with Crippen LogP contribution < -0.4 is 9.96 Å². The Kier molecular flexibility index (Phi) is 4.07. The Labute approximate surface area is 167 Å². The van der Waals surface area contributed by atoms with Gasteiger partial charge in [-0.15, -0.1) is 0 Å². The Morgan fingerprint density at radius 1 is 0.724 bits per heavy atom. The Hall–Kier alpha value is -3.64. The number of nitrogens with zero attached hydrogens (tertiary/aromatic N) is 2. The number of hydroxylamine groups is 1. The lowest BCUT2D eigenvalue weighted by molar-refractivity contribution is -0.126. The van der Waals surface area contributed by atoms with E-state index in [1.54, 1.807) is 53.6 Å². The first-order valence-corrected chi connectivity index (χ1v) is 9.38. The molecule has 0 aromatic heterocycles. The number of phenols is 1. The Morgan fingerprint density at radius 2 is 1.31 bits per heavy atom. The third-order valence-electron chi connectivity index (χ3n) is 5.40. The maximum Gasteiger partial charge on any atom is 0.266 e. The summed E-state index contributed by atoms with van der Waals surface area (Å²) < 4.78 is 0. The van der Waals surface area contributed by atoms with E-state index in [0.717, 1.165) is 0 Å². The second-order valence-corrected chi connectivity index (χ2v) is 7.06. The summed E-state index contributed by atoms with van der Waals surface area (Å²) in [6.45, 7) is 0. The highest BCUT2D eigenvalue weighted by Crippen LogP contribution is 2.49. The lowest BCUT2D eigenvalue weighted by Gasteiger charge is -2.29. The molecule has 0 radical (unpaired) electrons. The molecule has 6 nitrogen and oxygen atoms in total. The van der Waals surface area contributed by atoms with Gasteiger partial charge < -0.3 is 5.11 Å². The van der Waals surface area contributed by atoms with Gasteiger partial charge in [0.2, 0.25) is 5.91 Å². The number of imide groups is 1. The SMILES string of the molecule is O=C1[C@H]2[C@H](ON(c3ccccc3)[C@@H]2c2ccccc2O)C(=O)N1c1ccccc1. The average Bonchev–Trinajstić information content (AvgIpc) is 3.26. The van der Waals surface area contributed by atoms with Crippen molar-refractivity contribution in [2.75, 3.05) is 9.96 Å². The van der Waals surface area contributed by atoms with Crippen molar-refractivity contribution in [2.24, 2.45) is 5.92 Å². The summed E-state index contributed by atoms with van der Waals surface area (Å²) in [6, 6.07) is 24.3. The van der Waals surface area contributed by atoms with Crippen molar-refractivity contribution in [1.29, 1.82) is 0 Å². The molecule has 2 fully saturated rings. The van der Waals surface area contributed by atoms with Gasteiger partial charge in [0.05, 0.1) is 17.4 Å². The molecule has 3 aromatic rings. The number of hydrogen-bond acceptors (Lipinski definition) is 5. The third-order valence-corrected chi connectivity index (χ3v) is 5.40. The molecule has 29 heavy (non-hydrogen) atoms. The first-order chi connectivity index (χ1) is 14.2. The van der Waals surface area contributed by atoms with Crippen LogP contribution in [0.4, 0.5) is 11.4 Å². The number of carbonyl (C=O) groups is 2. The quantitative estimate of drug-likeness (QED) is 0.699. The molecule has 2 saturated heterocycles. The summed E-state index contributed by atoms with van der Waals surface area (Å²) in [5.74, 6) is -1.44. The number of rotatable bonds is 3. The summed E-state index contributed by atoms with van der Waals surface area (Å²) in [6.07, 6.45) is -0.951. The topological polar surface area (TPSA) is 70.1 Å². The van der Waals surface area contributed by atoms with Crippen LogP contribution in [0.25, 0.3) is 0 Å². The van der Waals surface area contributed by atoms with Gasteiger partial charge in [-0.05, 0) is 30.3 Å². The van der Waals surface area contributed by atoms with E-state index >= 15 is 0 Å². The van der Waals surface area contributed by atoms with Gasteiger partial charge >= 0.3 is 0 Å². The normalized spacial score (nSPS) is 23.5. The number of aromatic hydroxyl groups is 1. The van der Waals surface area contributed by atoms with Crippen LogP contribution in [-0.2, 0) is 14.4 Å². The van der Waals surface area contributed by atoms with Crippen molar-refractivity contribution in [1.82, 2.24) is 0 Å². The highest BCUT2D eigenvalue weighted by molar-refractivity contribution is 6.23. The largest absolute Gasteiger partial charge is 0.508 e. The second-order valence-electron chi connectivity index (χ2n) is 7.06. The number of para-hydroxylation sites is 3. The number of amides is 2. The van der Waals surface area contributed by atoms with E-state index in [1.807, 2.05) is 36.4 Å². The van der Waals surface area contributed by atoms with Gasteiger partial charge in [0.15, 0.2) is 6.10 Å². The molecule has 3 aromatic carbocycles. The van der Waals surface area contributed by atoms with Crippen molar-refractivity contribution in [3.05, 3.63) is 90.5 Å². The Bertz CT molecular complexity index is 1070. The van der Waals surface area contributed by atoms with Crippen LogP contribution in [0.5, 0.6) is 5.75 Å². The van der Waals surface area contributed by atoms with Crippen LogP contribution in [0.15, 0.2) is 84.9 Å². The maximum absolute atomic E-state index is 13.4. The predicted octanol–water partition coefficient (Wildman–Crippen LogP) is 3.44. The summed E-state index contributed by atoms with van der Waals surface area (Å²) in [5.41, 5.74) is 1.77. The first kappa shape index (κ1) is 17.5. The van der Waals surface area contributed by atoms with Crippen LogP contribution in [0, 0.1) is 5.92 Å². The minimum atomic E-state index is -0.951. The molecular formula is C23H18N2O4. The molecule has 2 aliphatic rings. The lowest BCUT2D eigenvalue weighted by Crippen LogP contribution is -2.37. The van der Waals surface area contributed by atoms with Crippen LogP contribution >= 0.6 is 0 Å². The summed E-state index contributed by atoms with van der Waals surface area (Å²) >= 11 is 0.